The lowest BCUT2D eigenvalue weighted by Gasteiger charge is -2.09. The smallest absolute Gasteiger partial charge is 0.321 e. The van der Waals surface area contributed by atoms with Crippen molar-refractivity contribution in [1.29, 1.82) is 0 Å². The van der Waals surface area contributed by atoms with Crippen LogP contribution in [0.4, 0.5) is 5.95 Å². The molecule has 1 heterocycles. The lowest BCUT2D eigenvalue weighted by atomic mass is 10.2. The number of benzene rings is 1. The van der Waals surface area contributed by atoms with E-state index < -0.39 is 0 Å². The summed E-state index contributed by atoms with van der Waals surface area (Å²) in [6.07, 6.45) is 0.880. The third kappa shape index (κ3) is 3.72. The van der Waals surface area contributed by atoms with Crippen LogP contribution in [0.3, 0.4) is 0 Å². The molecule has 2 aromatic rings. The fourth-order valence-electron chi connectivity index (χ4n) is 1.65. The number of nitrogens with one attached hydrogen (secondary N) is 1. The first-order valence-corrected chi connectivity index (χ1v) is 6.96. The summed E-state index contributed by atoms with van der Waals surface area (Å²) < 4.78 is 10.7. The highest BCUT2D eigenvalue weighted by Crippen LogP contribution is 2.29. The van der Waals surface area contributed by atoms with E-state index in [2.05, 4.69) is 20.3 Å². The molecule has 112 valence electrons. The van der Waals surface area contributed by atoms with Crippen molar-refractivity contribution in [3.63, 3.8) is 0 Å². The highest BCUT2D eigenvalue weighted by molar-refractivity contribution is 6.32. The number of methoxy groups -OCH3 is 1. The molecule has 1 aromatic carbocycles. The lowest BCUT2D eigenvalue weighted by Crippen LogP contribution is -2.06. The largest absolute Gasteiger partial charge is 0.495 e. The Hall–Kier alpha value is -2.08. The zero-order chi connectivity index (χ0) is 15.2. The second-order valence-corrected chi connectivity index (χ2v) is 4.62. The van der Waals surface area contributed by atoms with Crippen LogP contribution in [-0.2, 0) is 0 Å². The van der Waals surface area contributed by atoms with Crippen LogP contribution in [0.2, 0.25) is 5.02 Å². The van der Waals surface area contributed by atoms with Crippen LogP contribution in [-0.4, -0.2) is 35.7 Å². The predicted octanol–water partition coefficient (Wildman–Crippen LogP) is 3.03. The molecule has 2 rings (SSSR count). The second-order valence-electron chi connectivity index (χ2n) is 4.21. The van der Waals surface area contributed by atoms with Gasteiger partial charge >= 0.3 is 6.01 Å². The predicted molar refractivity (Wildman–Crippen MR) is 82.2 cm³/mol. The van der Waals surface area contributed by atoms with E-state index in [0.717, 1.165) is 12.0 Å². The Bertz CT molecular complexity index is 622. The van der Waals surface area contributed by atoms with Gasteiger partial charge in [0.2, 0.25) is 5.95 Å². The number of nitrogens with zero attached hydrogens (tertiary/aromatic N) is 3. The topological polar surface area (TPSA) is 69.2 Å². The van der Waals surface area contributed by atoms with Gasteiger partial charge in [-0.1, -0.05) is 18.5 Å². The van der Waals surface area contributed by atoms with E-state index in [9.17, 15) is 0 Å². The summed E-state index contributed by atoms with van der Waals surface area (Å²) in [5.74, 6) is 1.51. The fraction of sp³-hybridized carbons (Fsp3) is 0.357. The molecule has 1 aromatic heterocycles. The molecule has 0 spiro atoms. The molecule has 0 unspecified atom stereocenters. The van der Waals surface area contributed by atoms with Crippen LogP contribution < -0.4 is 14.8 Å². The summed E-state index contributed by atoms with van der Waals surface area (Å²) in [4.78, 5) is 12.8. The van der Waals surface area contributed by atoms with Crippen molar-refractivity contribution in [1.82, 2.24) is 15.0 Å². The average molecular weight is 309 g/mol. The average Bonchev–Trinajstić information content (AvgIpc) is 2.53. The summed E-state index contributed by atoms with van der Waals surface area (Å²) in [5.41, 5.74) is 0.775. The number of aromatic nitrogens is 3. The minimum absolute atomic E-state index is 0.292. The molecule has 0 aliphatic heterocycles. The van der Waals surface area contributed by atoms with Crippen LogP contribution in [0.1, 0.15) is 13.3 Å². The van der Waals surface area contributed by atoms with Gasteiger partial charge in [-0.05, 0) is 24.6 Å². The lowest BCUT2D eigenvalue weighted by molar-refractivity contribution is 0.292. The number of hydrogen-bond acceptors (Lipinski definition) is 6. The second kappa shape index (κ2) is 7.08. The molecule has 7 heteroatoms. The Morgan fingerprint density at radius 2 is 2.05 bits per heavy atom. The normalized spacial score (nSPS) is 10.3. The van der Waals surface area contributed by atoms with Crippen molar-refractivity contribution < 1.29 is 9.47 Å². The highest BCUT2D eigenvalue weighted by atomic mass is 35.5. The van der Waals surface area contributed by atoms with E-state index in [-0.39, 0.29) is 0 Å². The molecule has 0 atom stereocenters. The minimum Gasteiger partial charge on any atom is -0.495 e. The van der Waals surface area contributed by atoms with Crippen molar-refractivity contribution in [3.05, 3.63) is 23.2 Å². The van der Waals surface area contributed by atoms with Gasteiger partial charge in [-0.25, -0.2) is 0 Å². The number of rotatable bonds is 6. The monoisotopic (exact) mass is 308 g/mol. The van der Waals surface area contributed by atoms with E-state index >= 15 is 0 Å². The number of anilines is 1. The van der Waals surface area contributed by atoms with Crippen molar-refractivity contribution in [3.8, 4) is 23.1 Å². The van der Waals surface area contributed by atoms with Gasteiger partial charge in [0.05, 0.1) is 18.7 Å². The van der Waals surface area contributed by atoms with E-state index in [1.807, 2.05) is 13.0 Å². The van der Waals surface area contributed by atoms with E-state index in [0.29, 0.717) is 35.2 Å². The van der Waals surface area contributed by atoms with Crippen molar-refractivity contribution in [2.24, 2.45) is 0 Å². The van der Waals surface area contributed by atoms with Gasteiger partial charge in [-0.3, -0.25) is 0 Å². The quantitative estimate of drug-likeness (QED) is 0.884. The van der Waals surface area contributed by atoms with Crippen molar-refractivity contribution >= 4 is 17.5 Å². The maximum Gasteiger partial charge on any atom is 0.321 e. The van der Waals surface area contributed by atoms with E-state index in [4.69, 9.17) is 21.1 Å². The van der Waals surface area contributed by atoms with Gasteiger partial charge in [-0.2, -0.15) is 15.0 Å². The molecule has 0 saturated heterocycles. The summed E-state index contributed by atoms with van der Waals surface area (Å²) in [6, 6.07) is 5.63. The summed E-state index contributed by atoms with van der Waals surface area (Å²) >= 11 is 6.03. The first-order valence-electron chi connectivity index (χ1n) is 6.58. The molecule has 21 heavy (non-hydrogen) atoms. The van der Waals surface area contributed by atoms with Crippen molar-refractivity contribution in [2.75, 3.05) is 26.1 Å². The highest BCUT2D eigenvalue weighted by Gasteiger charge is 2.11. The first kappa shape index (κ1) is 15.3. The van der Waals surface area contributed by atoms with Crippen LogP contribution in [0.15, 0.2) is 18.2 Å². The number of ether oxygens (including phenoxy) is 2. The Labute approximate surface area is 128 Å². The van der Waals surface area contributed by atoms with Gasteiger partial charge in [0.1, 0.15) is 5.75 Å². The van der Waals surface area contributed by atoms with Crippen LogP contribution in [0.25, 0.3) is 11.4 Å². The van der Waals surface area contributed by atoms with E-state index in [1.54, 1.807) is 26.3 Å². The standard InChI is InChI=1S/C14H17ClN4O2/c1-4-7-21-14-18-12(17-13(16-2)19-14)9-5-6-10(15)11(8-9)20-3/h5-6,8H,4,7H2,1-3H3,(H,16,17,18,19). The van der Waals surface area contributed by atoms with E-state index in [1.165, 1.54) is 0 Å². The van der Waals surface area contributed by atoms with Gasteiger partial charge < -0.3 is 14.8 Å². The molecule has 0 saturated carbocycles. The molecule has 0 amide bonds. The molecular formula is C14H17ClN4O2. The molecule has 0 fully saturated rings. The third-order valence-electron chi connectivity index (χ3n) is 2.68. The van der Waals surface area contributed by atoms with Crippen LogP contribution >= 0.6 is 11.6 Å². The molecule has 0 bridgehead atoms. The van der Waals surface area contributed by atoms with Crippen molar-refractivity contribution in [2.45, 2.75) is 13.3 Å². The van der Waals surface area contributed by atoms with Gasteiger partial charge in [0.15, 0.2) is 5.82 Å². The maximum atomic E-state index is 6.03. The van der Waals surface area contributed by atoms with Crippen LogP contribution in [0.5, 0.6) is 11.8 Å². The Morgan fingerprint density at radius 3 is 2.71 bits per heavy atom. The molecule has 0 aliphatic rings. The molecule has 0 radical (unpaired) electrons. The summed E-state index contributed by atoms with van der Waals surface area (Å²) in [5, 5.41) is 3.43. The van der Waals surface area contributed by atoms with Gasteiger partial charge in [-0.15, -0.1) is 0 Å². The third-order valence-corrected chi connectivity index (χ3v) is 3.00. The van der Waals surface area contributed by atoms with Gasteiger partial charge in [0, 0.05) is 12.6 Å². The SMILES string of the molecule is CCCOc1nc(NC)nc(-c2ccc(Cl)c(OC)c2)n1. The Kier molecular flexibility index (Phi) is 5.16. The maximum absolute atomic E-state index is 6.03. The zero-order valence-corrected chi connectivity index (χ0v) is 12.9. The number of hydrogen-bond donors (Lipinski definition) is 1. The van der Waals surface area contributed by atoms with Gasteiger partial charge in [0.25, 0.3) is 0 Å². The first-order chi connectivity index (χ1) is 10.2. The minimum atomic E-state index is 0.292. The molecule has 6 nitrogen and oxygen atoms in total. The molecule has 0 aliphatic carbocycles. The number of halogens is 1. The molecule has 1 N–H and O–H groups in total. The molecular weight excluding hydrogens is 292 g/mol. The Morgan fingerprint density at radius 1 is 1.24 bits per heavy atom. The summed E-state index contributed by atoms with van der Waals surface area (Å²) in [6.45, 7) is 2.57. The Balaban J connectivity index is 2.42. The fourth-order valence-corrected chi connectivity index (χ4v) is 1.85. The summed E-state index contributed by atoms with van der Waals surface area (Å²) in [7, 11) is 3.30. The zero-order valence-electron chi connectivity index (χ0n) is 12.2. The van der Waals surface area contributed by atoms with Crippen LogP contribution in [0, 0.1) is 0 Å².